The van der Waals surface area contributed by atoms with Gasteiger partial charge in [0.15, 0.2) is 11.5 Å². The Morgan fingerprint density at radius 2 is 1.74 bits per heavy atom. The molecular formula is C26H30N4O5. The van der Waals surface area contributed by atoms with Crippen LogP contribution in [0, 0.1) is 0 Å². The van der Waals surface area contributed by atoms with Crippen molar-refractivity contribution in [1.82, 2.24) is 15.1 Å². The highest BCUT2D eigenvalue weighted by atomic mass is 16.7. The number of amides is 3. The number of benzene rings is 2. The smallest absolute Gasteiger partial charge is 0.253 e. The van der Waals surface area contributed by atoms with E-state index in [0.29, 0.717) is 49.7 Å². The predicted octanol–water partition coefficient (Wildman–Crippen LogP) is 2.22. The summed E-state index contributed by atoms with van der Waals surface area (Å²) >= 11 is 0. The fourth-order valence-electron chi connectivity index (χ4n) is 5.16. The molecule has 35 heavy (non-hydrogen) atoms. The molecule has 3 aliphatic heterocycles. The number of carbonyl (C=O) groups is 3. The quantitative estimate of drug-likeness (QED) is 0.709. The Labute approximate surface area is 204 Å². The predicted molar refractivity (Wildman–Crippen MR) is 129 cm³/mol. The number of carbonyl (C=O) groups excluding carboxylic acids is 3. The van der Waals surface area contributed by atoms with E-state index >= 15 is 0 Å². The molecular weight excluding hydrogens is 448 g/mol. The van der Waals surface area contributed by atoms with Crippen LogP contribution in [0.4, 0.5) is 5.69 Å². The van der Waals surface area contributed by atoms with Crippen LogP contribution in [0.3, 0.4) is 0 Å². The molecule has 0 unspecified atom stereocenters. The maximum atomic E-state index is 13.7. The van der Waals surface area contributed by atoms with E-state index in [9.17, 15) is 14.4 Å². The monoisotopic (exact) mass is 478 g/mol. The number of hydrogen-bond acceptors (Lipinski definition) is 6. The lowest BCUT2D eigenvalue weighted by Gasteiger charge is -2.43. The zero-order valence-electron chi connectivity index (χ0n) is 20.0. The highest BCUT2D eigenvalue weighted by Gasteiger charge is 2.54. The second-order valence-electron chi connectivity index (χ2n) is 9.52. The van der Waals surface area contributed by atoms with Crippen LogP contribution < -0.4 is 19.7 Å². The van der Waals surface area contributed by atoms with E-state index in [4.69, 9.17) is 9.47 Å². The SMILES string of the molecule is CC(C)NC(=O)CN1CN(c2ccccc2)C2(CCN(C(=O)c3ccc4c(c3)OCO4)CC2)C1=O. The summed E-state index contributed by atoms with van der Waals surface area (Å²) in [6.45, 7) is 5.18. The van der Waals surface area contributed by atoms with E-state index < -0.39 is 5.54 Å². The molecule has 0 radical (unpaired) electrons. The fraction of sp³-hybridized carbons (Fsp3) is 0.423. The number of ether oxygens (including phenoxy) is 2. The van der Waals surface area contributed by atoms with Gasteiger partial charge in [0.1, 0.15) is 12.1 Å². The second-order valence-corrected chi connectivity index (χ2v) is 9.52. The van der Waals surface area contributed by atoms with Crippen molar-refractivity contribution in [2.24, 2.45) is 0 Å². The molecule has 0 aliphatic carbocycles. The molecule has 9 nitrogen and oxygen atoms in total. The van der Waals surface area contributed by atoms with Crippen molar-refractivity contribution in [3.05, 3.63) is 54.1 Å². The van der Waals surface area contributed by atoms with Gasteiger partial charge in [0.05, 0.1) is 6.67 Å². The van der Waals surface area contributed by atoms with Crippen molar-refractivity contribution in [2.75, 3.05) is 38.0 Å². The lowest BCUT2D eigenvalue weighted by molar-refractivity contribution is -0.137. The summed E-state index contributed by atoms with van der Waals surface area (Å²) in [6, 6.07) is 15.0. The minimum Gasteiger partial charge on any atom is -0.454 e. The maximum Gasteiger partial charge on any atom is 0.253 e. The molecule has 1 N–H and O–H groups in total. The van der Waals surface area contributed by atoms with Gasteiger partial charge in [-0.25, -0.2) is 0 Å². The molecule has 184 valence electrons. The number of hydrogen-bond donors (Lipinski definition) is 1. The van der Waals surface area contributed by atoms with Crippen molar-refractivity contribution in [1.29, 1.82) is 0 Å². The van der Waals surface area contributed by atoms with Crippen LogP contribution in [-0.4, -0.2) is 72.2 Å². The number of likely N-dealkylation sites (tertiary alicyclic amines) is 1. The number of piperidine rings is 1. The van der Waals surface area contributed by atoms with Crippen molar-refractivity contribution >= 4 is 23.4 Å². The van der Waals surface area contributed by atoms with E-state index in [-0.39, 0.29) is 37.1 Å². The number of rotatable bonds is 5. The van der Waals surface area contributed by atoms with Gasteiger partial charge < -0.3 is 29.5 Å². The first-order chi connectivity index (χ1) is 16.9. The van der Waals surface area contributed by atoms with E-state index in [1.54, 1.807) is 28.0 Å². The molecule has 3 amide bonds. The summed E-state index contributed by atoms with van der Waals surface area (Å²) in [5, 5.41) is 2.87. The first kappa shape index (κ1) is 23.0. The van der Waals surface area contributed by atoms with Crippen LogP contribution >= 0.6 is 0 Å². The van der Waals surface area contributed by atoms with Crippen molar-refractivity contribution in [2.45, 2.75) is 38.3 Å². The molecule has 5 rings (SSSR count). The van der Waals surface area contributed by atoms with E-state index in [1.807, 2.05) is 44.2 Å². The molecule has 3 heterocycles. The summed E-state index contributed by atoms with van der Waals surface area (Å²) < 4.78 is 10.8. The maximum absolute atomic E-state index is 13.7. The third-order valence-corrected chi connectivity index (χ3v) is 6.86. The largest absolute Gasteiger partial charge is 0.454 e. The molecule has 2 aromatic carbocycles. The Kier molecular flexibility index (Phi) is 6.00. The molecule has 0 aromatic heterocycles. The van der Waals surface area contributed by atoms with Gasteiger partial charge in [-0.1, -0.05) is 18.2 Å². The van der Waals surface area contributed by atoms with Gasteiger partial charge in [-0.05, 0) is 57.0 Å². The molecule has 9 heteroatoms. The third-order valence-electron chi connectivity index (χ3n) is 6.86. The summed E-state index contributed by atoms with van der Waals surface area (Å²) in [4.78, 5) is 44.9. The van der Waals surface area contributed by atoms with Gasteiger partial charge in [-0.2, -0.15) is 0 Å². The minimum absolute atomic E-state index is 0.00447. The molecule has 2 fully saturated rings. The molecule has 2 saturated heterocycles. The topological polar surface area (TPSA) is 91.4 Å². The van der Waals surface area contributed by atoms with Gasteiger partial charge >= 0.3 is 0 Å². The first-order valence-corrected chi connectivity index (χ1v) is 12.0. The summed E-state index contributed by atoms with van der Waals surface area (Å²) in [5.74, 6) is 0.879. The summed E-state index contributed by atoms with van der Waals surface area (Å²) in [5.41, 5.74) is 0.684. The number of fused-ring (bicyclic) bond motifs is 1. The Balaban J connectivity index is 1.35. The molecule has 2 aromatic rings. The van der Waals surface area contributed by atoms with Crippen LogP contribution in [-0.2, 0) is 9.59 Å². The van der Waals surface area contributed by atoms with Crippen LogP contribution in [0.2, 0.25) is 0 Å². The lowest BCUT2D eigenvalue weighted by atomic mass is 9.85. The van der Waals surface area contributed by atoms with Crippen LogP contribution in [0.1, 0.15) is 37.0 Å². The van der Waals surface area contributed by atoms with Crippen molar-refractivity contribution in [3.8, 4) is 11.5 Å². The first-order valence-electron chi connectivity index (χ1n) is 12.0. The normalized spacial score (nSPS) is 18.5. The Morgan fingerprint density at radius 3 is 2.46 bits per heavy atom. The molecule has 0 saturated carbocycles. The zero-order valence-corrected chi connectivity index (χ0v) is 20.0. The second kappa shape index (κ2) is 9.13. The van der Waals surface area contributed by atoms with E-state index in [1.165, 1.54) is 0 Å². The number of anilines is 1. The number of para-hydroxylation sites is 1. The van der Waals surface area contributed by atoms with Crippen LogP contribution in [0.15, 0.2) is 48.5 Å². The molecule has 1 spiro atoms. The van der Waals surface area contributed by atoms with Crippen molar-refractivity contribution in [3.63, 3.8) is 0 Å². The average Bonchev–Trinajstić information content (AvgIpc) is 3.42. The van der Waals surface area contributed by atoms with Gasteiger partial charge in [-0.15, -0.1) is 0 Å². The zero-order chi connectivity index (χ0) is 24.6. The molecule has 0 atom stereocenters. The standard InChI is InChI=1S/C26H30N4O5/c1-18(2)27-23(31)15-29-16-30(20-6-4-3-5-7-20)26(25(29)33)10-12-28(13-11-26)24(32)19-8-9-21-22(14-19)35-17-34-21/h3-9,14,18H,10-13,15-17H2,1-2H3,(H,27,31). The third kappa shape index (κ3) is 4.26. The van der Waals surface area contributed by atoms with E-state index in [2.05, 4.69) is 10.2 Å². The van der Waals surface area contributed by atoms with Gasteiger partial charge in [0.2, 0.25) is 12.7 Å². The minimum atomic E-state index is -0.787. The van der Waals surface area contributed by atoms with Gasteiger partial charge in [0.25, 0.3) is 11.8 Å². The van der Waals surface area contributed by atoms with Gasteiger partial charge in [0, 0.05) is 30.4 Å². The lowest BCUT2D eigenvalue weighted by Crippen LogP contribution is -2.57. The Hall–Kier alpha value is -3.75. The van der Waals surface area contributed by atoms with Crippen LogP contribution in [0.5, 0.6) is 11.5 Å². The van der Waals surface area contributed by atoms with Crippen molar-refractivity contribution < 1.29 is 23.9 Å². The summed E-state index contributed by atoms with van der Waals surface area (Å²) in [6.07, 6.45) is 0.971. The highest BCUT2D eigenvalue weighted by molar-refractivity contribution is 5.98. The Morgan fingerprint density at radius 1 is 1.03 bits per heavy atom. The average molecular weight is 479 g/mol. The highest BCUT2D eigenvalue weighted by Crippen LogP contribution is 2.40. The summed E-state index contributed by atoms with van der Waals surface area (Å²) in [7, 11) is 0. The van der Waals surface area contributed by atoms with E-state index in [0.717, 1.165) is 5.69 Å². The fourth-order valence-corrected chi connectivity index (χ4v) is 5.16. The molecule has 3 aliphatic rings. The number of nitrogens with zero attached hydrogens (tertiary/aromatic N) is 3. The Bertz CT molecular complexity index is 1130. The number of nitrogens with one attached hydrogen (secondary N) is 1. The molecule has 0 bridgehead atoms. The van der Waals surface area contributed by atoms with Gasteiger partial charge in [-0.3, -0.25) is 14.4 Å². The van der Waals surface area contributed by atoms with Crippen LogP contribution in [0.25, 0.3) is 0 Å².